The van der Waals surface area contributed by atoms with Gasteiger partial charge >= 0.3 is 6.03 Å². The number of benzene rings is 2. The van der Waals surface area contributed by atoms with E-state index in [0.29, 0.717) is 6.54 Å². The van der Waals surface area contributed by atoms with Crippen molar-refractivity contribution < 1.29 is 14.4 Å². The number of nitrogens with one attached hydrogen (secondary N) is 2. The van der Waals surface area contributed by atoms with Gasteiger partial charge in [0.2, 0.25) is 11.8 Å². The van der Waals surface area contributed by atoms with Crippen LogP contribution in [0.3, 0.4) is 0 Å². The number of aryl methyl sites for hydroxylation is 1. The Kier molecular flexibility index (Phi) is 8.41. The average molecular weight is 411 g/mol. The van der Waals surface area contributed by atoms with Crippen molar-refractivity contribution in [1.29, 1.82) is 0 Å². The molecule has 30 heavy (non-hydrogen) atoms. The molecule has 160 valence electrons. The second-order valence-corrected chi connectivity index (χ2v) is 7.37. The van der Waals surface area contributed by atoms with Gasteiger partial charge in [0.25, 0.3) is 0 Å². The highest BCUT2D eigenvalue weighted by Gasteiger charge is 2.15. The first-order chi connectivity index (χ1) is 14.3. The van der Waals surface area contributed by atoms with Crippen LogP contribution in [0.25, 0.3) is 0 Å². The summed E-state index contributed by atoms with van der Waals surface area (Å²) in [5.74, 6) is -0.469. The van der Waals surface area contributed by atoms with Crippen LogP contribution in [0.4, 0.5) is 10.5 Å². The van der Waals surface area contributed by atoms with Gasteiger partial charge in [-0.3, -0.25) is 9.59 Å². The van der Waals surface area contributed by atoms with E-state index in [-0.39, 0.29) is 37.4 Å². The van der Waals surface area contributed by atoms with E-state index < -0.39 is 0 Å². The zero-order valence-electron chi connectivity index (χ0n) is 18.1. The summed E-state index contributed by atoms with van der Waals surface area (Å²) in [6.45, 7) is 4.57. The van der Waals surface area contributed by atoms with Crippen molar-refractivity contribution in [2.75, 3.05) is 32.5 Å². The van der Waals surface area contributed by atoms with E-state index in [1.807, 2.05) is 62.4 Å². The fourth-order valence-electron chi connectivity index (χ4n) is 2.91. The van der Waals surface area contributed by atoms with Gasteiger partial charge in [-0.15, -0.1) is 0 Å². The number of carbonyl (C=O) groups excluding carboxylic acids is 3. The van der Waals surface area contributed by atoms with Crippen LogP contribution in [0.1, 0.15) is 23.1 Å². The predicted octanol–water partition coefficient (Wildman–Crippen LogP) is 2.93. The quantitative estimate of drug-likeness (QED) is 0.702. The largest absolute Gasteiger partial charge is 0.337 e. The second-order valence-electron chi connectivity index (χ2n) is 7.37. The number of anilines is 1. The molecule has 0 unspecified atom stereocenters. The Morgan fingerprint density at radius 2 is 1.60 bits per heavy atom. The first kappa shape index (κ1) is 22.9. The maximum atomic E-state index is 12.3. The van der Waals surface area contributed by atoms with Gasteiger partial charge in [-0.1, -0.05) is 42.5 Å². The van der Waals surface area contributed by atoms with Crippen molar-refractivity contribution in [2.45, 2.75) is 26.8 Å². The van der Waals surface area contributed by atoms with Crippen LogP contribution in [0, 0.1) is 13.8 Å². The number of hydrogen-bond donors (Lipinski definition) is 2. The Labute approximate surface area is 178 Å². The van der Waals surface area contributed by atoms with E-state index in [9.17, 15) is 14.4 Å². The smallest absolute Gasteiger partial charge is 0.317 e. The standard InChI is InChI=1S/C23H30N4O3/c1-17-9-8-12-20(18(17)2)25-21(28)16-26(3)22(29)13-14-24-23(30)27(4)15-19-10-6-5-7-11-19/h5-12H,13-16H2,1-4H3,(H,24,30)(H,25,28). The van der Waals surface area contributed by atoms with Gasteiger partial charge in [0, 0.05) is 39.3 Å². The van der Waals surface area contributed by atoms with Crippen molar-refractivity contribution in [3.8, 4) is 0 Å². The van der Waals surface area contributed by atoms with Crippen LogP contribution in [-0.2, 0) is 16.1 Å². The lowest BCUT2D eigenvalue weighted by atomic mass is 10.1. The molecule has 2 aromatic carbocycles. The van der Waals surface area contributed by atoms with Crippen LogP contribution in [0.5, 0.6) is 0 Å². The molecule has 0 spiro atoms. The molecule has 0 atom stereocenters. The predicted molar refractivity (Wildman–Crippen MR) is 118 cm³/mol. The van der Waals surface area contributed by atoms with Crippen molar-refractivity contribution in [2.24, 2.45) is 0 Å². The molecule has 4 amide bonds. The van der Waals surface area contributed by atoms with E-state index in [1.54, 1.807) is 19.0 Å². The maximum absolute atomic E-state index is 12.3. The highest BCUT2D eigenvalue weighted by Crippen LogP contribution is 2.17. The summed E-state index contributed by atoms with van der Waals surface area (Å²) in [4.78, 5) is 39.6. The molecule has 0 saturated heterocycles. The molecule has 2 rings (SSSR count). The summed E-state index contributed by atoms with van der Waals surface area (Å²) in [6, 6.07) is 15.1. The number of carbonyl (C=O) groups is 3. The van der Waals surface area contributed by atoms with E-state index in [1.165, 1.54) is 4.90 Å². The Balaban J connectivity index is 1.72. The van der Waals surface area contributed by atoms with E-state index >= 15 is 0 Å². The fraction of sp³-hybridized carbons (Fsp3) is 0.348. The Bertz CT molecular complexity index is 883. The summed E-state index contributed by atoms with van der Waals surface area (Å²) >= 11 is 0. The lowest BCUT2D eigenvalue weighted by molar-refractivity contribution is -0.133. The van der Waals surface area contributed by atoms with Gasteiger partial charge in [0.05, 0.1) is 6.54 Å². The van der Waals surface area contributed by atoms with Gasteiger partial charge in [-0.2, -0.15) is 0 Å². The molecule has 0 aromatic heterocycles. The van der Waals surface area contributed by atoms with Crippen molar-refractivity contribution in [3.05, 3.63) is 65.2 Å². The first-order valence-electron chi connectivity index (χ1n) is 9.91. The van der Waals surface area contributed by atoms with Crippen molar-refractivity contribution >= 4 is 23.5 Å². The molecule has 0 heterocycles. The molecule has 7 nitrogen and oxygen atoms in total. The van der Waals surface area contributed by atoms with Gasteiger partial charge in [0.1, 0.15) is 0 Å². The number of hydrogen-bond acceptors (Lipinski definition) is 3. The number of rotatable bonds is 8. The zero-order valence-corrected chi connectivity index (χ0v) is 18.1. The zero-order chi connectivity index (χ0) is 22.1. The van der Waals surface area contributed by atoms with Crippen LogP contribution in [-0.4, -0.2) is 54.8 Å². The molecule has 0 fully saturated rings. The Morgan fingerprint density at radius 1 is 0.900 bits per heavy atom. The summed E-state index contributed by atoms with van der Waals surface area (Å²) in [6.07, 6.45) is 0.123. The number of nitrogens with zero attached hydrogens (tertiary/aromatic N) is 2. The third kappa shape index (κ3) is 6.92. The molecular weight excluding hydrogens is 380 g/mol. The van der Waals surface area contributed by atoms with E-state index in [0.717, 1.165) is 22.4 Å². The van der Waals surface area contributed by atoms with Gasteiger partial charge in [-0.25, -0.2) is 4.79 Å². The number of urea groups is 1. The monoisotopic (exact) mass is 410 g/mol. The molecule has 0 aliphatic carbocycles. The topological polar surface area (TPSA) is 81.8 Å². The van der Waals surface area contributed by atoms with Crippen LogP contribution >= 0.6 is 0 Å². The average Bonchev–Trinajstić information content (AvgIpc) is 2.71. The third-order valence-electron chi connectivity index (χ3n) is 4.91. The molecule has 0 aliphatic heterocycles. The minimum absolute atomic E-state index is 0.0475. The highest BCUT2D eigenvalue weighted by atomic mass is 16.2. The Morgan fingerprint density at radius 3 is 2.30 bits per heavy atom. The fourth-order valence-corrected chi connectivity index (χ4v) is 2.91. The van der Waals surface area contributed by atoms with Crippen LogP contribution < -0.4 is 10.6 Å². The Hall–Kier alpha value is -3.35. The van der Waals surface area contributed by atoms with Gasteiger partial charge in [-0.05, 0) is 36.6 Å². The lowest BCUT2D eigenvalue weighted by Crippen LogP contribution is -2.40. The van der Waals surface area contributed by atoms with Crippen LogP contribution in [0.2, 0.25) is 0 Å². The maximum Gasteiger partial charge on any atom is 0.317 e. The minimum Gasteiger partial charge on any atom is -0.337 e. The summed E-state index contributed by atoms with van der Waals surface area (Å²) in [7, 11) is 3.28. The molecule has 0 aliphatic rings. The summed E-state index contributed by atoms with van der Waals surface area (Å²) < 4.78 is 0. The first-order valence-corrected chi connectivity index (χ1v) is 9.91. The van der Waals surface area contributed by atoms with Crippen LogP contribution in [0.15, 0.2) is 48.5 Å². The summed E-state index contributed by atoms with van der Waals surface area (Å²) in [5, 5.41) is 5.57. The van der Waals surface area contributed by atoms with Crippen molar-refractivity contribution in [1.82, 2.24) is 15.1 Å². The second kappa shape index (κ2) is 11.0. The third-order valence-corrected chi connectivity index (χ3v) is 4.91. The van der Waals surface area contributed by atoms with E-state index in [2.05, 4.69) is 10.6 Å². The molecule has 0 bridgehead atoms. The highest BCUT2D eigenvalue weighted by molar-refractivity contribution is 5.95. The molecule has 2 aromatic rings. The minimum atomic E-state index is -0.258. The number of amides is 4. The van der Waals surface area contributed by atoms with Crippen molar-refractivity contribution in [3.63, 3.8) is 0 Å². The number of likely N-dealkylation sites (N-methyl/N-ethyl adjacent to an activating group) is 1. The summed E-state index contributed by atoms with van der Waals surface area (Å²) in [5.41, 5.74) is 3.86. The normalized spacial score (nSPS) is 10.3. The molecular formula is C23H30N4O3. The SMILES string of the molecule is Cc1cccc(NC(=O)CN(C)C(=O)CCNC(=O)N(C)Cc2ccccc2)c1C. The lowest BCUT2D eigenvalue weighted by Gasteiger charge is -2.20. The van der Waals surface area contributed by atoms with Gasteiger partial charge < -0.3 is 20.4 Å². The molecule has 0 radical (unpaired) electrons. The van der Waals surface area contributed by atoms with E-state index in [4.69, 9.17) is 0 Å². The molecule has 7 heteroatoms. The molecule has 0 saturated carbocycles. The molecule has 2 N–H and O–H groups in total. The van der Waals surface area contributed by atoms with Gasteiger partial charge in [0.15, 0.2) is 0 Å².